The highest BCUT2D eigenvalue weighted by molar-refractivity contribution is 5.89. The van der Waals surface area contributed by atoms with E-state index in [0.29, 0.717) is 25.2 Å². The topological polar surface area (TPSA) is 87.5 Å². The quantitative estimate of drug-likeness (QED) is 0.884. The van der Waals surface area contributed by atoms with Crippen molar-refractivity contribution in [3.8, 4) is 5.69 Å². The van der Waals surface area contributed by atoms with Crippen LogP contribution in [0.4, 0.5) is 10.6 Å². The Morgan fingerprint density at radius 3 is 2.50 bits per heavy atom. The number of rotatable bonds is 3. The van der Waals surface area contributed by atoms with Gasteiger partial charge in [-0.15, -0.1) is 5.10 Å². The molecule has 0 bridgehead atoms. The Hall–Kier alpha value is -2.83. The van der Waals surface area contributed by atoms with Crippen molar-refractivity contribution in [2.75, 3.05) is 18.4 Å². The van der Waals surface area contributed by atoms with Crippen LogP contribution in [0.1, 0.15) is 29.7 Å². The minimum absolute atomic E-state index is 0.234. The zero-order chi connectivity index (χ0) is 18.8. The summed E-state index contributed by atoms with van der Waals surface area (Å²) in [6.45, 7) is 6.80. The molecule has 2 amide bonds. The van der Waals surface area contributed by atoms with Gasteiger partial charge in [0.05, 0.1) is 11.6 Å². The summed E-state index contributed by atoms with van der Waals surface area (Å²) in [7, 11) is 0. The summed E-state index contributed by atoms with van der Waals surface area (Å²) in [6, 6.07) is 7.69. The molecule has 0 radical (unpaired) electrons. The summed E-state index contributed by atoms with van der Waals surface area (Å²) < 4.78 is 1.80. The van der Waals surface area contributed by atoms with Gasteiger partial charge in [-0.25, -0.2) is 9.48 Å². The maximum Gasteiger partial charge on any atom is 0.323 e. The Morgan fingerprint density at radius 2 is 1.85 bits per heavy atom. The third kappa shape index (κ3) is 3.87. The van der Waals surface area contributed by atoms with E-state index >= 15 is 0 Å². The van der Waals surface area contributed by atoms with E-state index < -0.39 is 11.9 Å². The third-order valence-electron chi connectivity index (χ3n) is 4.63. The number of nitrogens with zero attached hydrogens (tertiary/aromatic N) is 3. The second kappa shape index (κ2) is 7.19. The van der Waals surface area contributed by atoms with Crippen molar-refractivity contribution < 1.29 is 14.7 Å². The summed E-state index contributed by atoms with van der Waals surface area (Å²) in [5, 5.41) is 16.5. The Balaban J connectivity index is 1.75. The lowest BCUT2D eigenvalue weighted by Gasteiger charge is -2.30. The summed E-state index contributed by atoms with van der Waals surface area (Å²) >= 11 is 0. The van der Waals surface area contributed by atoms with E-state index in [-0.39, 0.29) is 12.6 Å². The van der Waals surface area contributed by atoms with E-state index in [9.17, 15) is 9.59 Å². The van der Waals surface area contributed by atoms with E-state index in [1.165, 1.54) is 0 Å². The monoisotopic (exact) mass is 356 g/mol. The first-order valence-electron chi connectivity index (χ1n) is 8.77. The number of carbonyl (C=O) groups excluding carboxylic acids is 1. The Labute approximate surface area is 152 Å². The molecule has 3 rings (SSSR count). The van der Waals surface area contributed by atoms with Crippen molar-refractivity contribution in [3.63, 3.8) is 0 Å². The standard InChI is InChI=1S/C19H24N4O3/c1-12-7-13(2)9-16(8-12)23-14(3)10-17(21-23)20-19(26)22-6-4-5-15(11-22)18(24)25/h7-10,15H,4-6,11H2,1-3H3,(H,24,25)(H,20,21,26). The number of urea groups is 1. The van der Waals surface area contributed by atoms with Crippen molar-refractivity contribution in [1.82, 2.24) is 14.7 Å². The Kier molecular flexibility index (Phi) is 4.97. The SMILES string of the molecule is Cc1cc(C)cc(-n2nc(NC(=O)N3CCCC(C(=O)O)C3)cc2C)c1. The van der Waals surface area contributed by atoms with E-state index in [1.54, 1.807) is 9.58 Å². The van der Waals surface area contributed by atoms with Crippen molar-refractivity contribution in [3.05, 3.63) is 41.1 Å². The summed E-state index contributed by atoms with van der Waals surface area (Å²) in [4.78, 5) is 25.2. The average molecular weight is 356 g/mol. The van der Waals surface area contributed by atoms with Gasteiger partial charge in [-0.05, 0) is 56.9 Å². The maximum atomic E-state index is 12.5. The fourth-order valence-electron chi connectivity index (χ4n) is 3.42. The minimum atomic E-state index is -0.850. The number of benzene rings is 1. The fraction of sp³-hybridized carbons (Fsp3) is 0.421. The lowest BCUT2D eigenvalue weighted by atomic mass is 9.99. The number of carboxylic acids is 1. The number of hydrogen-bond donors (Lipinski definition) is 2. The molecular formula is C19H24N4O3. The van der Waals surface area contributed by atoms with E-state index in [2.05, 4.69) is 16.5 Å². The van der Waals surface area contributed by atoms with Crippen LogP contribution in [0.15, 0.2) is 24.3 Å². The first-order valence-corrected chi connectivity index (χ1v) is 8.77. The van der Waals surface area contributed by atoms with Crippen molar-refractivity contribution in [1.29, 1.82) is 0 Å². The minimum Gasteiger partial charge on any atom is -0.481 e. The van der Waals surface area contributed by atoms with Gasteiger partial charge in [-0.1, -0.05) is 6.07 Å². The normalized spacial score (nSPS) is 17.2. The van der Waals surface area contributed by atoms with Crippen molar-refractivity contribution in [2.24, 2.45) is 5.92 Å². The highest BCUT2D eigenvalue weighted by Gasteiger charge is 2.28. The van der Waals surface area contributed by atoms with Crippen LogP contribution in [0.3, 0.4) is 0 Å². The highest BCUT2D eigenvalue weighted by atomic mass is 16.4. The van der Waals surface area contributed by atoms with E-state index in [4.69, 9.17) is 5.11 Å². The zero-order valence-electron chi connectivity index (χ0n) is 15.3. The molecule has 0 spiro atoms. The van der Waals surface area contributed by atoms with Gasteiger partial charge in [-0.3, -0.25) is 10.1 Å². The van der Waals surface area contributed by atoms with Crippen LogP contribution in [-0.4, -0.2) is 44.9 Å². The molecule has 1 aromatic heterocycles. The molecule has 0 aliphatic carbocycles. The van der Waals surface area contributed by atoms with E-state index in [0.717, 1.165) is 22.5 Å². The summed E-state index contributed by atoms with van der Waals surface area (Å²) in [5.74, 6) is -0.884. The molecule has 1 fully saturated rings. The molecule has 1 saturated heterocycles. The summed E-state index contributed by atoms with van der Waals surface area (Å²) in [6.07, 6.45) is 1.31. The zero-order valence-corrected chi connectivity index (χ0v) is 15.3. The van der Waals surface area contributed by atoms with Gasteiger partial charge in [0.1, 0.15) is 0 Å². The maximum absolute atomic E-state index is 12.5. The predicted molar refractivity (Wildman–Crippen MR) is 98.7 cm³/mol. The molecule has 2 N–H and O–H groups in total. The van der Waals surface area contributed by atoms with Gasteiger partial charge < -0.3 is 10.0 Å². The van der Waals surface area contributed by atoms with Crippen LogP contribution in [0.2, 0.25) is 0 Å². The smallest absolute Gasteiger partial charge is 0.323 e. The van der Waals surface area contributed by atoms with Gasteiger partial charge in [0.25, 0.3) is 0 Å². The number of nitrogens with one attached hydrogen (secondary N) is 1. The number of anilines is 1. The number of piperidine rings is 1. The van der Waals surface area contributed by atoms with Crippen molar-refractivity contribution in [2.45, 2.75) is 33.6 Å². The van der Waals surface area contributed by atoms with Crippen LogP contribution in [-0.2, 0) is 4.79 Å². The first-order chi connectivity index (χ1) is 12.3. The number of aryl methyl sites for hydroxylation is 3. The molecular weight excluding hydrogens is 332 g/mol. The Morgan fingerprint density at radius 1 is 1.15 bits per heavy atom. The van der Waals surface area contributed by atoms with Gasteiger partial charge in [0, 0.05) is 24.8 Å². The molecule has 1 unspecified atom stereocenters. The second-order valence-electron chi connectivity index (χ2n) is 6.98. The number of aromatic nitrogens is 2. The Bertz CT molecular complexity index is 823. The average Bonchev–Trinajstić information content (AvgIpc) is 2.94. The molecule has 1 atom stereocenters. The van der Waals surface area contributed by atoms with Crippen molar-refractivity contribution >= 4 is 17.8 Å². The highest BCUT2D eigenvalue weighted by Crippen LogP contribution is 2.20. The molecule has 2 heterocycles. The van der Waals surface area contributed by atoms with Crippen LogP contribution >= 0.6 is 0 Å². The van der Waals surface area contributed by atoms with Gasteiger partial charge in [0.15, 0.2) is 5.82 Å². The van der Waals surface area contributed by atoms with Gasteiger partial charge in [0.2, 0.25) is 0 Å². The van der Waals surface area contributed by atoms with E-state index in [1.807, 2.05) is 39.0 Å². The molecule has 0 saturated carbocycles. The fourth-order valence-corrected chi connectivity index (χ4v) is 3.42. The molecule has 7 nitrogen and oxygen atoms in total. The number of likely N-dealkylation sites (tertiary alicyclic amines) is 1. The largest absolute Gasteiger partial charge is 0.481 e. The van der Waals surface area contributed by atoms with Crippen LogP contribution in [0, 0.1) is 26.7 Å². The first kappa shape index (κ1) is 18.0. The number of carboxylic acid groups (broad SMARTS) is 1. The molecule has 138 valence electrons. The lowest BCUT2D eigenvalue weighted by Crippen LogP contribution is -2.44. The van der Waals surface area contributed by atoms with Gasteiger partial charge in [-0.2, -0.15) is 0 Å². The molecule has 26 heavy (non-hydrogen) atoms. The summed E-state index contributed by atoms with van der Waals surface area (Å²) in [5.41, 5.74) is 4.15. The molecule has 2 aromatic rings. The van der Waals surface area contributed by atoms with Crippen LogP contribution in [0.25, 0.3) is 5.69 Å². The number of aliphatic carboxylic acids is 1. The number of amides is 2. The van der Waals surface area contributed by atoms with Gasteiger partial charge >= 0.3 is 12.0 Å². The van der Waals surface area contributed by atoms with Crippen LogP contribution in [0.5, 0.6) is 0 Å². The molecule has 1 aliphatic heterocycles. The molecule has 1 aromatic carbocycles. The molecule has 1 aliphatic rings. The van der Waals surface area contributed by atoms with Crippen LogP contribution < -0.4 is 5.32 Å². The second-order valence-corrected chi connectivity index (χ2v) is 6.98. The number of hydrogen-bond acceptors (Lipinski definition) is 3. The lowest BCUT2D eigenvalue weighted by molar-refractivity contribution is -0.143. The predicted octanol–water partition coefficient (Wildman–Crippen LogP) is 3.13. The molecule has 7 heteroatoms. The number of carbonyl (C=O) groups is 2. The third-order valence-corrected chi connectivity index (χ3v) is 4.63.